The summed E-state index contributed by atoms with van der Waals surface area (Å²) in [6, 6.07) is 12.3. The van der Waals surface area contributed by atoms with Crippen molar-refractivity contribution in [2.75, 3.05) is 6.54 Å². The van der Waals surface area contributed by atoms with Crippen LogP contribution in [-0.4, -0.2) is 22.1 Å². The summed E-state index contributed by atoms with van der Waals surface area (Å²) in [6.45, 7) is 1.55. The quantitative estimate of drug-likeness (QED) is 0.511. The van der Waals surface area contributed by atoms with Crippen LogP contribution in [0.5, 0.6) is 0 Å². The number of para-hydroxylation sites is 1. The van der Waals surface area contributed by atoms with Crippen LogP contribution in [-0.2, 0) is 17.9 Å². The maximum Gasteiger partial charge on any atom is 0.244 e. The molecular formula is C19H20N2O2S. The van der Waals surface area contributed by atoms with Crippen molar-refractivity contribution in [2.24, 2.45) is 0 Å². The van der Waals surface area contributed by atoms with E-state index in [0.717, 1.165) is 23.4 Å². The van der Waals surface area contributed by atoms with E-state index in [1.54, 1.807) is 6.08 Å². The van der Waals surface area contributed by atoms with Gasteiger partial charge in [-0.25, -0.2) is 0 Å². The van der Waals surface area contributed by atoms with Crippen LogP contribution in [0, 0.1) is 0 Å². The standard InChI is InChI=1S/C19H20N2O2S/c22-13-15-12-17(24-14-15)6-7-19(23)20-9-3-10-21-11-8-16-4-1-2-5-18(16)21/h1-2,4-8,11-12,14,22H,3,9-10,13H2,(H,20,23)/b7-6+. The monoisotopic (exact) mass is 340 g/mol. The van der Waals surface area contributed by atoms with Crippen molar-refractivity contribution in [3.63, 3.8) is 0 Å². The van der Waals surface area contributed by atoms with Crippen molar-refractivity contribution in [2.45, 2.75) is 19.6 Å². The van der Waals surface area contributed by atoms with Gasteiger partial charge in [0.25, 0.3) is 0 Å². The van der Waals surface area contributed by atoms with Crippen LogP contribution in [0.2, 0.25) is 0 Å². The second-order valence-electron chi connectivity index (χ2n) is 5.56. The number of aliphatic hydroxyl groups excluding tert-OH is 1. The van der Waals surface area contributed by atoms with E-state index in [4.69, 9.17) is 5.11 Å². The highest BCUT2D eigenvalue weighted by Gasteiger charge is 2.01. The molecule has 0 saturated carbocycles. The molecule has 2 heterocycles. The number of nitrogens with one attached hydrogen (secondary N) is 1. The van der Waals surface area contributed by atoms with Crippen LogP contribution < -0.4 is 5.32 Å². The predicted octanol–water partition coefficient (Wildman–Crippen LogP) is 3.41. The molecule has 0 unspecified atom stereocenters. The molecule has 0 aliphatic heterocycles. The number of aromatic nitrogens is 1. The molecule has 3 aromatic rings. The SMILES string of the molecule is O=C(/C=C/c1cc(CO)cs1)NCCCn1ccc2ccccc21. The van der Waals surface area contributed by atoms with Crippen molar-refractivity contribution in [3.05, 3.63) is 64.5 Å². The first-order chi connectivity index (χ1) is 11.8. The van der Waals surface area contributed by atoms with Crippen LogP contribution in [0.25, 0.3) is 17.0 Å². The molecule has 0 saturated heterocycles. The first-order valence-electron chi connectivity index (χ1n) is 7.94. The molecule has 1 amide bonds. The van der Waals surface area contributed by atoms with E-state index in [2.05, 4.69) is 34.3 Å². The largest absolute Gasteiger partial charge is 0.392 e. The average Bonchev–Trinajstić information content (AvgIpc) is 3.24. The number of hydrogen-bond acceptors (Lipinski definition) is 3. The van der Waals surface area contributed by atoms with Gasteiger partial charge in [-0.05, 0) is 47.0 Å². The normalized spacial score (nSPS) is 11.4. The van der Waals surface area contributed by atoms with Crippen molar-refractivity contribution in [1.29, 1.82) is 0 Å². The number of nitrogens with zero attached hydrogens (tertiary/aromatic N) is 1. The number of aliphatic hydroxyl groups is 1. The van der Waals surface area contributed by atoms with E-state index in [9.17, 15) is 4.79 Å². The molecule has 5 heteroatoms. The van der Waals surface area contributed by atoms with Crippen molar-refractivity contribution in [1.82, 2.24) is 9.88 Å². The lowest BCUT2D eigenvalue weighted by Crippen LogP contribution is -2.23. The zero-order valence-corrected chi connectivity index (χ0v) is 14.1. The van der Waals surface area contributed by atoms with E-state index in [0.29, 0.717) is 6.54 Å². The minimum absolute atomic E-state index is 0.0324. The van der Waals surface area contributed by atoms with E-state index >= 15 is 0 Å². The number of aryl methyl sites for hydroxylation is 1. The minimum atomic E-state index is -0.0914. The fraction of sp³-hybridized carbons (Fsp3) is 0.211. The lowest BCUT2D eigenvalue weighted by molar-refractivity contribution is -0.116. The molecule has 0 aliphatic rings. The first kappa shape index (κ1) is 16.5. The Labute approximate surface area is 145 Å². The lowest BCUT2D eigenvalue weighted by atomic mass is 10.2. The molecule has 2 N–H and O–H groups in total. The number of carbonyl (C=O) groups is 1. The van der Waals surface area contributed by atoms with Gasteiger partial charge in [0.05, 0.1) is 6.61 Å². The van der Waals surface area contributed by atoms with E-state index < -0.39 is 0 Å². The average molecular weight is 340 g/mol. The summed E-state index contributed by atoms with van der Waals surface area (Å²) in [5.74, 6) is -0.0914. The molecule has 24 heavy (non-hydrogen) atoms. The zero-order chi connectivity index (χ0) is 16.8. The van der Waals surface area contributed by atoms with Crippen LogP contribution in [0.1, 0.15) is 16.9 Å². The summed E-state index contributed by atoms with van der Waals surface area (Å²) in [6.07, 6.45) is 6.28. The van der Waals surface area contributed by atoms with Gasteiger partial charge in [0.15, 0.2) is 0 Å². The van der Waals surface area contributed by atoms with Gasteiger partial charge in [0.1, 0.15) is 0 Å². The number of benzene rings is 1. The smallest absolute Gasteiger partial charge is 0.244 e. The number of rotatable bonds is 7. The van der Waals surface area contributed by atoms with Gasteiger partial charge in [0, 0.05) is 35.8 Å². The predicted molar refractivity (Wildman–Crippen MR) is 98.8 cm³/mol. The number of amides is 1. The van der Waals surface area contributed by atoms with Gasteiger partial charge >= 0.3 is 0 Å². The van der Waals surface area contributed by atoms with Crippen molar-refractivity contribution < 1.29 is 9.90 Å². The zero-order valence-electron chi connectivity index (χ0n) is 13.3. The summed E-state index contributed by atoms with van der Waals surface area (Å²) in [5.41, 5.74) is 2.10. The van der Waals surface area contributed by atoms with Gasteiger partial charge < -0.3 is 15.0 Å². The number of fused-ring (bicyclic) bond motifs is 1. The van der Waals surface area contributed by atoms with Crippen LogP contribution in [0.3, 0.4) is 0 Å². The van der Waals surface area contributed by atoms with Gasteiger partial charge in [-0.1, -0.05) is 18.2 Å². The van der Waals surface area contributed by atoms with E-state index in [1.807, 2.05) is 23.6 Å². The third kappa shape index (κ3) is 4.13. The minimum Gasteiger partial charge on any atom is -0.392 e. The third-order valence-corrected chi connectivity index (χ3v) is 4.76. The maximum atomic E-state index is 11.8. The highest BCUT2D eigenvalue weighted by molar-refractivity contribution is 7.11. The molecule has 0 bridgehead atoms. The Morgan fingerprint density at radius 2 is 2.17 bits per heavy atom. The Balaban J connectivity index is 1.43. The Morgan fingerprint density at radius 3 is 3.00 bits per heavy atom. The molecular weight excluding hydrogens is 320 g/mol. The Hall–Kier alpha value is -2.37. The molecule has 0 aliphatic carbocycles. The molecule has 0 radical (unpaired) electrons. The van der Waals surface area contributed by atoms with Crippen molar-refractivity contribution in [3.8, 4) is 0 Å². The lowest BCUT2D eigenvalue weighted by Gasteiger charge is -2.06. The Morgan fingerprint density at radius 1 is 1.29 bits per heavy atom. The molecule has 0 fully saturated rings. The summed E-state index contributed by atoms with van der Waals surface area (Å²) in [7, 11) is 0. The van der Waals surface area contributed by atoms with Gasteiger partial charge in [-0.15, -0.1) is 11.3 Å². The highest BCUT2D eigenvalue weighted by Crippen LogP contribution is 2.16. The summed E-state index contributed by atoms with van der Waals surface area (Å²) in [5, 5.41) is 15.0. The highest BCUT2D eigenvalue weighted by atomic mass is 32.1. The van der Waals surface area contributed by atoms with E-state index in [1.165, 1.54) is 28.3 Å². The first-order valence-corrected chi connectivity index (χ1v) is 8.82. The number of hydrogen-bond donors (Lipinski definition) is 2. The summed E-state index contributed by atoms with van der Waals surface area (Å²) in [4.78, 5) is 12.8. The molecule has 2 aromatic heterocycles. The summed E-state index contributed by atoms with van der Waals surface area (Å²) >= 11 is 1.51. The molecule has 4 nitrogen and oxygen atoms in total. The van der Waals surface area contributed by atoms with Gasteiger partial charge in [-0.3, -0.25) is 4.79 Å². The number of thiophene rings is 1. The van der Waals surface area contributed by atoms with Crippen molar-refractivity contribution >= 4 is 34.2 Å². The van der Waals surface area contributed by atoms with Crippen LogP contribution in [0.4, 0.5) is 0 Å². The fourth-order valence-electron chi connectivity index (χ4n) is 2.58. The van der Waals surface area contributed by atoms with Crippen LogP contribution >= 0.6 is 11.3 Å². The third-order valence-electron chi connectivity index (χ3n) is 3.81. The topological polar surface area (TPSA) is 54.3 Å². The Bertz CT molecular complexity index is 848. The molecule has 124 valence electrons. The second kappa shape index (κ2) is 7.95. The summed E-state index contributed by atoms with van der Waals surface area (Å²) < 4.78 is 2.21. The van der Waals surface area contributed by atoms with Gasteiger partial charge in [-0.2, -0.15) is 0 Å². The molecule has 3 rings (SSSR count). The van der Waals surface area contributed by atoms with Gasteiger partial charge in [0.2, 0.25) is 5.91 Å². The fourth-order valence-corrected chi connectivity index (χ4v) is 3.37. The second-order valence-corrected chi connectivity index (χ2v) is 6.50. The molecule has 1 aromatic carbocycles. The number of carbonyl (C=O) groups excluding carboxylic acids is 1. The van der Waals surface area contributed by atoms with E-state index in [-0.39, 0.29) is 12.5 Å². The Kier molecular flexibility index (Phi) is 5.46. The molecule has 0 atom stereocenters. The van der Waals surface area contributed by atoms with Crippen LogP contribution in [0.15, 0.2) is 54.1 Å². The molecule has 0 spiro atoms. The maximum absolute atomic E-state index is 11.8.